The fourth-order valence-corrected chi connectivity index (χ4v) is 3.39. The Hall–Kier alpha value is -2.22. The first-order chi connectivity index (χ1) is 13.5. The van der Waals surface area contributed by atoms with E-state index in [2.05, 4.69) is 20.9 Å². The highest BCUT2D eigenvalue weighted by Gasteiger charge is 2.16. The highest BCUT2D eigenvalue weighted by molar-refractivity contribution is 6.02. The summed E-state index contributed by atoms with van der Waals surface area (Å²) in [7, 11) is 0. The van der Waals surface area contributed by atoms with E-state index in [-0.39, 0.29) is 5.91 Å². The lowest BCUT2D eigenvalue weighted by molar-refractivity contribution is 0.0781. The maximum Gasteiger partial charge on any atom is 0.256 e. The van der Waals surface area contributed by atoms with E-state index in [9.17, 15) is 4.79 Å². The van der Waals surface area contributed by atoms with Crippen molar-refractivity contribution in [2.24, 2.45) is 5.73 Å². The van der Waals surface area contributed by atoms with Gasteiger partial charge < -0.3 is 26.4 Å². The number of nitrogens with two attached hydrogens (primary N) is 1. The molecule has 1 saturated heterocycles. The van der Waals surface area contributed by atoms with Crippen LogP contribution in [0.25, 0.3) is 10.9 Å². The standard InChI is InChI=1S/C21H31N5O2/c1-14-4-5-19-16(12-14)13-18(21(27)25-15(2)22)20(26-19)24-9-3-8-23-17-6-10-28-11-7-17/h4-5,12-13,15,17,23H,3,6-11,22H2,1-2H3,(H,24,26)(H,25,27). The number of hydrogen-bond donors (Lipinski definition) is 4. The number of aromatic nitrogens is 1. The van der Waals surface area contributed by atoms with E-state index < -0.39 is 6.17 Å². The lowest BCUT2D eigenvalue weighted by Gasteiger charge is -2.23. The highest BCUT2D eigenvalue weighted by atomic mass is 16.5. The predicted octanol–water partition coefficient (Wildman–Crippen LogP) is 2.15. The van der Waals surface area contributed by atoms with Crippen molar-refractivity contribution in [2.75, 3.05) is 31.6 Å². The van der Waals surface area contributed by atoms with Crippen LogP contribution in [-0.4, -0.2) is 49.4 Å². The molecule has 1 amide bonds. The van der Waals surface area contributed by atoms with Crippen LogP contribution in [0.2, 0.25) is 0 Å². The lowest BCUT2D eigenvalue weighted by Crippen LogP contribution is -2.39. The van der Waals surface area contributed by atoms with Crippen LogP contribution in [0, 0.1) is 6.92 Å². The molecule has 0 saturated carbocycles. The second-order valence-corrected chi connectivity index (χ2v) is 7.46. The van der Waals surface area contributed by atoms with Crippen LogP contribution in [0.5, 0.6) is 0 Å². The summed E-state index contributed by atoms with van der Waals surface area (Å²) in [6.45, 7) is 7.11. The molecule has 0 aliphatic carbocycles. The van der Waals surface area contributed by atoms with Gasteiger partial charge in [0.2, 0.25) is 0 Å². The molecule has 5 N–H and O–H groups in total. The molecule has 3 rings (SSSR count). The average Bonchev–Trinajstić information content (AvgIpc) is 2.67. The first kappa shape index (κ1) is 20.5. The number of anilines is 1. The van der Waals surface area contributed by atoms with Crippen molar-refractivity contribution in [3.8, 4) is 0 Å². The topological polar surface area (TPSA) is 101 Å². The van der Waals surface area contributed by atoms with Gasteiger partial charge in [-0.05, 0) is 57.9 Å². The Bertz CT molecular complexity index is 803. The Kier molecular flexibility index (Phi) is 7.19. The molecule has 0 radical (unpaired) electrons. The summed E-state index contributed by atoms with van der Waals surface area (Å²) in [5.74, 6) is 0.384. The summed E-state index contributed by atoms with van der Waals surface area (Å²) in [6.07, 6.45) is 2.66. The molecule has 1 aromatic heterocycles. The number of nitrogens with one attached hydrogen (secondary N) is 3. The molecule has 0 spiro atoms. The van der Waals surface area contributed by atoms with Crippen LogP contribution in [0.15, 0.2) is 24.3 Å². The summed E-state index contributed by atoms with van der Waals surface area (Å²) in [5.41, 5.74) is 8.26. The summed E-state index contributed by atoms with van der Waals surface area (Å²) >= 11 is 0. The predicted molar refractivity (Wildman–Crippen MR) is 113 cm³/mol. The minimum absolute atomic E-state index is 0.214. The van der Waals surface area contributed by atoms with Crippen LogP contribution in [0.1, 0.15) is 42.1 Å². The van der Waals surface area contributed by atoms with E-state index in [4.69, 9.17) is 10.5 Å². The summed E-state index contributed by atoms with van der Waals surface area (Å²) in [4.78, 5) is 17.3. The number of aryl methyl sites for hydroxylation is 1. The number of rotatable bonds is 8. The van der Waals surface area contributed by atoms with Crippen LogP contribution in [0.4, 0.5) is 5.82 Å². The van der Waals surface area contributed by atoms with Crippen molar-refractivity contribution in [1.82, 2.24) is 15.6 Å². The maximum absolute atomic E-state index is 12.6. The molecule has 1 aliphatic heterocycles. The third-order valence-electron chi connectivity index (χ3n) is 4.87. The van der Waals surface area contributed by atoms with Gasteiger partial charge in [-0.2, -0.15) is 0 Å². The quantitative estimate of drug-likeness (QED) is 0.410. The molecule has 1 aromatic carbocycles. The SMILES string of the molecule is Cc1ccc2nc(NCCCNC3CCOCC3)c(C(=O)NC(C)N)cc2c1. The van der Waals surface area contributed by atoms with E-state index in [0.29, 0.717) is 17.4 Å². The average molecular weight is 386 g/mol. The molecular weight excluding hydrogens is 354 g/mol. The number of benzene rings is 1. The number of fused-ring (bicyclic) bond motifs is 1. The first-order valence-electron chi connectivity index (χ1n) is 10.1. The zero-order valence-corrected chi connectivity index (χ0v) is 16.8. The Balaban J connectivity index is 1.65. The number of amides is 1. The largest absolute Gasteiger partial charge is 0.381 e. The summed E-state index contributed by atoms with van der Waals surface area (Å²) in [6, 6.07) is 8.47. The number of carbonyl (C=O) groups excluding carboxylic acids is 1. The van der Waals surface area contributed by atoms with Crippen LogP contribution in [-0.2, 0) is 4.74 Å². The molecule has 1 aliphatic rings. The number of pyridine rings is 1. The zero-order valence-electron chi connectivity index (χ0n) is 16.8. The van der Waals surface area contributed by atoms with E-state index >= 15 is 0 Å². The Labute approximate surface area is 166 Å². The molecule has 2 heterocycles. The molecule has 7 heteroatoms. The fourth-order valence-electron chi connectivity index (χ4n) is 3.39. The summed E-state index contributed by atoms with van der Waals surface area (Å²) in [5, 5.41) is 10.6. The number of carbonyl (C=O) groups is 1. The van der Waals surface area contributed by atoms with E-state index in [1.54, 1.807) is 6.92 Å². The summed E-state index contributed by atoms with van der Waals surface area (Å²) < 4.78 is 5.38. The van der Waals surface area contributed by atoms with Gasteiger partial charge in [0.25, 0.3) is 5.91 Å². The molecule has 1 atom stereocenters. The van der Waals surface area contributed by atoms with Crippen LogP contribution in [0.3, 0.4) is 0 Å². The molecular formula is C21H31N5O2. The maximum atomic E-state index is 12.6. The molecule has 152 valence electrons. The van der Waals surface area contributed by atoms with E-state index in [0.717, 1.165) is 62.0 Å². The van der Waals surface area contributed by atoms with E-state index in [1.165, 1.54) is 0 Å². The van der Waals surface area contributed by atoms with Gasteiger partial charge in [-0.3, -0.25) is 4.79 Å². The third-order valence-corrected chi connectivity index (χ3v) is 4.87. The van der Waals surface area contributed by atoms with Crippen molar-refractivity contribution in [3.05, 3.63) is 35.4 Å². The van der Waals surface area contributed by atoms with Gasteiger partial charge >= 0.3 is 0 Å². The van der Waals surface area contributed by atoms with Gasteiger partial charge in [0, 0.05) is 31.2 Å². The van der Waals surface area contributed by atoms with Gasteiger partial charge in [0.15, 0.2) is 0 Å². The number of ether oxygens (including phenoxy) is 1. The minimum Gasteiger partial charge on any atom is -0.381 e. The minimum atomic E-state index is -0.419. The zero-order chi connectivity index (χ0) is 19.9. The van der Waals surface area contributed by atoms with Crippen molar-refractivity contribution in [2.45, 2.75) is 45.3 Å². The van der Waals surface area contributed by atoms with Crippen molar-refractivity contribution in [3.63, 3.8) is 0 Å². The van der Waals surface area contributed by atoms with Gasteiger partial charge in [0.1, 0.15) is 5.82 Å². The number of hydrogen-bond acceptors (Lipinski definition) is 6. The first-order valence-corrected chi connectivity index (χ1v) is 10.1. The van der Waals surface area contributed by atoms with Gasteiger partial charge in [-0.25, -0.2) is 4.98 Å². The molecule has 7 nitrogen and oxygen atoms in total. The smallest absolute Gasteiger partial charge is 0.256 e. The van der Waals surface area contributed by atoms with Crippen LogP contribution < -0.4 is 21.7 Å². The third kappa shape index (κ3) is 5.64. The lowest BCUT2D eigenvalue weighted by atomic mass is 10.1. The molecule has 1 fully saturated rings. The normalized spacial score (nSPS) is 16.1. The Morgan fingerprint density at radius 1 is 1.29 bits per heavy atom. The molecule has 2 aromatic rings. The number of nitrogens with zero attached hydrogens (tertiary/aromatic N) is 1. The Morgan fingerprint density at radius 2 is 2.07 bits per heavy atom. The van der Waals surface area contributed by atoms with Crippen molar-refractivity contribution >= 4 is 22.6 Å². The molecule has 28 heavy (non-hydrogen) atoms. The van der Waals surface area contributed by atoms with Gasteiger partial charge in [-0.1, -0.05) is 11.6 Å². The van der Waals surface area contributed by atoms with Gasteiger partial charge in [-0.15, -0.1) is 0 Å². The second-order valence-electron chi connectivity index (χ2n) is 7.46. The Morgan fingerprint density at radius 3 is 2.82 bits per heavy atom. The van der Waals surface area contributed by atoms with Crippen LogP contribution >= 0.6 is 0 Å². The monoisotopic (exact) mass is 385 g/mol. The molecule has 1 unspecified atom stereocenters. The van der Waals surface area contributed by atoms with Gasteiger partial charge in [0.05, 0.1) is 17.2 Å². The molecule has 0 bridgehead atoms. The van der Waals surface area contributed by atoms with Crippen molar-refractivity contribution < 1.29 is 9.53 Å². The second kappa shape index (κ2) is 9.82. The van der Waals surface area contributed by atoms with Crippen molar-refractivity contribution in [1.29, 1.82) is 0 Å². The fraction of sp³-hybridized carbons (Fsp3) is 0.524. The highest BCUT2D eigenvalue weighted by Crippen LogP contribution is 2.22. The van der Waals surface area contributed by atoms with E-state index in [1.807, 2.05) is 31.2 Å².